The van der Waals surface area contributed by atoms with Crippen LogP contribution < -0.4 is 5.32 Å². The highest BCUT2D eigenvalue weighted by Gasteiger charge is 1.98. The summed E-state index contributed by atoms with van der Waals surface area (Å²) in [4.78, 5) is 4.38. The third-order valence-electron chi connectivity index (χ3n) is 3.11. The first-order chi connectivity index (χ1) is 9.27. The predicted molar refractivity (Wildman–Crippen MR) is 82.3 cm³/mol. The number of fused-ring (bicyclic) bond motifs is 1. The molecule has 0 unspecified atom stereocenters. The zero-order chi connectivity index (χ0) is 13.5. The Bertz CT molecular complexity index is 538. The average molecular weight is 254 g/mol. The van der Waals surface area contributed by atoms with Crippen LogP contribution in [0.3, 0.4) is 0 Å². The van der Waals surface area contributed by atoms with Gasteiger partial charge in [-0.3, -0.25) is 4.98 Å². The second-order valence-electron chi connectivity index (χ2n) is 5.06. The van der Waals surface area contributed by atoms with Crippen LogP contribution in [0.15, 0.2) is 48.7 Å². The van der Waals surface area contributed by atoms with E-state index in [9.17, 15) is 0 Å². The molecule has 0 aliphatic rings. The van der Waals surface area contributed by atoms with E-state index in [4.69, 9.17) is 0 Å². The molecule has 0 fully saturated rings. The molecule has 0 amide bonds. The maximum atomic E-state index is 4.38. The SMILES string of the molecule is CC(C)NCCC=CCc1ccnc2ccccc12. The molecule has 0 bridgehead atoms. The monoisotopic (exact) mass is 254 g/mol. The molecule has 19 heavy (non-hydrogen) atoms. The minimum absolute atomic E-state index is 0.567. The van der Waals surface area contributed by atoms with Gasteiger partial charge in [0, 0.05) is 17.6 Å². The van der Waals surface area contributed by atoms with Gasteiger partial charge in [0.25, 0.3) is 0 Å². The quantitative estimate of drug-likeness (QED) is 0.627. The number of allylic oxidation sites excluding steroid dienone is 1. The molecular formula is C17H22N2. The molecule has 0 aliphatic heterocycles. The number of aromatic nitrogens is 1. The fourth-order valence-corrected chi connectivity index (χ4v) is 2.12. The van der Waals surface area contributed by atoms with Crippen molar-refractivity contribution in [3.63, 3.8) is 0 Å². The van der Waals surface area contributed by atoms with E-state index in [-0.39, 0.29) is 0 Å². The molecule has 2 rings (SSSR count). The topological polar surface area (TPSA) is 24.9 Å². The van der Waals surface area contributed by atoms with Crippen molar-refractivity contribution < 1.29 is 0 Å². The van der Waals surface area contributed by atoms with E-state index in [0.29, 0.717) is 6.04 Å². The van der Waals surface area contributed by atoms with Crippen molar-refractivity contribution in [3.8, 4) is 0 Å². The predicted octanol–water partition coefficient (Wildman–Crippen LogP) is 3.72. The van der Waals surface area contributed by atoms with Crippen LogP contribution in [0.1, 0.15) is 25.8 Å². The molecule has 1 aromatic heterocycles. The summed E-state index contributed by atoms with van der Waals surface area (Å²) < 4.78 is 0. The number of pyridine rings is 1. The van der Waals surface area contributed by atoms with E-state index in [1.54, 1.807) is 0 Å². The highest BCUT2D eigenvalue weighted by Crippen LogP contribution is 2.16. The maximum Gasteiger partial charge on any atom is 0.0704 e. The Morgan fingerprint density at radius 2 is 2.00 bits per heavy atom. The molecule has 1 heterocycles. The van der Waals surface area contributed by atoms with Crippen LogP contribution in [0, 0.1) is 0 Å². The molecule has 2 aromatic rings. The van der Waals surface area contributed by atoms with Gasteiger partial charge < -0.3 is 5.32 Å². The van der Waals surface area contributed by atoms with Crippen LogP contribution in [-0.4, -0.2) is 17.6 Å². The highest BCUT2D eigenvalue weighted by molar-refractivity contribution is 5.81. The fourth-order valence-electron chi connectivity index (χ4n) is 2.12. The van der Waals surface area contributed by atoms with E-state index < -0.39 is 0 Å². The summed E-state index contributed by atoms with van der Waals surface area (Å²) in [5, 5.41) is 4.67. The van der Waals surface area contributed by atoms with Crippen LogP contribution in [0.5, 0.6) is 0 Å². The van der Waals surface area contributed by atoms with Crippen molar-refractivity contribution in [2.24, 2.45) is 0 Å². The van der Waals surface area contributed by atoms with E-state index in [2.05, 4.69) is 60.6 Å². The molecule has 2 nitrogen and oxygen atoms in total. The molecule has 0 atom stereocenters. The average Bonchev–Trinajstić information content (AvgIpc) is 2.42. The molecule has 1 aromatic carbocycles. The molecule has 0 aliphatic carbocycles. The first-order valence-corrected chi connectivity index (χ1v) is 6.98. The Morgan fingerprint density at radius 3 is 2.84 bits per heavy atom. The van der Waals surface area contributed by atoms with E-state index in [1.165, 1.54) is 10.9 Å². The van der Waals surface area contributed by atoms with Crippen LogP contribution in [0.4, 0.5) is 0 Å². The molecule has 0 radical (unpaired) electrons. The Balaban J connectivity index is 1.93. The van der Waals surface area contributed by atoms with Gasteiger partial charge in [-0.05, 0) is 37.1 Å². The van der Waals surface area contributed by atoms with Gasteiger partial charge in [0.15, 0.2) is 0 Å². The second kappa shape index (κ2) is 7.05. The minimum atomic E-state index is 0.567. The smallest absolute Gasteiger partial charge is 0.0704 e. The van der Waals surface area contributed by atoms with Crippen molar-refractivity contribution >= 4 is 10.9 Å². The lowest BCUT2D eigenvalue weighted by Gasteiger charge is -2.05. The zero-order valence-electron chi connectivity index (χ0n) is 11.8. The van der Waals surface area contributed by atoms with Crippen LogP contribution in [-0.2, 0) is 6.42 Å². The Hall–Kier alpha value is -1.67. The Labute approximate surface area is 115 Å². The largest absolute Gasteiger partial charge is 0.314 e. The lowest BCUT2D eigenvalue weighted by Crippen LogP contribution is -2.23. The van der Waals surface area contributed by atoms with Gasteiger partial charge in [0.1, 0.15) is 0 Å². The number of nitrogens with zero attached hydrogens (tertiary/aromatic N) is 1. The Kier molecular flexibility index (Phi) is 5.10. The summed E-state index contributed by atoms with van der Waals surface area (Å²) in [6.07, 6.45) is 8.46. The number of nitrogens with one attached hydrogen (secondary N) is 1. The van der Waals surface area contributed by atoms with E-state index in [0.717, 1.165) is 24.9 Å². The maximum absolute atomic E-state index is 4.38. The number of hydrogen-bond acceptors (Lipinski definition) is 2. The normalized spacial score (nSPS) is 11.7. The fraction of sp³-hybridized carbons (Fsp3) is 0.353. The summed E-state index contributed by atoms with van der Waals surface area (Å²) in [5.41, 5.74) is 2.42. The summed E-state index contributed by atoms with van der Waals surface area (Å²) in [5.74, 6) is 0. The molecule has 0 saturated heterocycles. The Morgan fingerprint density at radius 1 is 1.16 bits per heavy atom. The highest BCUT2D eigenvalue weighted by atomic mass is 14.9. The molecular weight excluding hydrogens is 232 g/mol. The lowest BCUT2D eigenvalue weighted by molar-refractivity contribution is 0.594. The van der Waals surface area contributed by atoms with Crippen molar-refractivity contribution in [3.05, 3.63) is 54.2 Å². The van der Waals surface area contributed by atoms with Gasteiger partial charge >= 0.3 is 0 Å². The number of para-hydroxylation sites is 1. The van der Waals surface area contributed by atoms with E-state index >= 15 is 0 Å². The molecule has 1 N–H and O–H groups in total. The summed E-state index contributed by atoms with van der Waals surface area (Å²) >= 11 is 0. The van der Waals surface area contributed by atoms with E-state index in [1.807, 2.05) is 12.3 Å². The third kappa shape index (κ3) is 4.18. The number of hydrogen-bond donors (Lipinski definition) is 1. The minimum Gasteiger partial charge on any atom is -0.314 e. The van der Waals surface area contributed by atoms with Gasteiger partial charge in [0.2, 0.25) is 0 Å². The second-order valence-corrected chi connectivity index (χ2v) is 5.06. The summed E-state index contributed by atoms with van der Waals surface area (Å²) in [6.45, 7) is 5.39. The number of rotatable bonds is 6. The van der Waals surface area contributed by atoms with Crippen LogP contribution in [0.25, 0.3) is 10.9 Å². The molecule has 100 valence electrons. The molecule has 2 heteroatoms. The zero-order valence-corrected chi connectivity index (χ0v) is 11.8. The molecule has 0 spiro atoms. The molecule has 0 saturated carbocycles. The van der Waals surface area contributed by atoms with Crippen molar-refractivity contribution in [2.45, 2.75) is 32.7 Å². The summed E-state index contributed by atoms with van der Waals surface area (Å²) in [7, 11) is 0. The van der Waals surface area contributed by atoms with Gasteiger partial charge in [0.05, 0.1) is 5.52 Å². The van der Waals surface area contributed by atoms with Gasteiger partial charge in [-0.15, -0.1) is 0 Å². The first kappa shape index (κ1) is 13.8. The third-order valence-corrected chi connectivity index (χ3v) is 3.11. The first-order valence-electron chi connectivity index (χ1n) is 6.98. The van der Waals surface area contributed by atoms with Crippen LogP contribution >= 0.6 is 0 Å². The van der Waals surface area contributed by atoms with Crippen molar-refractivity contribution in [1.29, 1.82) is 0 Å². The van der Waals surface area contributed by atoms with Gasteiger partial charge in [-0.2, -0.15) is 0 Å². The van der Waals surface area contributed by atoms with Crippen molar-refractivity contribution in [1.82, 2.24) is 10.3 Å². The lowest BCUT2D eigenvalue weighted by atomic mass is 10.1. The van der Waals surface area contributed by atoms with Gasteiger partial charge in [-0.1, -0.05) is 44.2 Å². The van der Waals surface area contributed by atoms with Crippen LogP contribution in [0.2, 0.25) is 0 Å². The van der Waals surface area contributed by atoms with Crippen molar-refractivity contribution in [2.75, 3.05) is 6.54 Å². The standard InChI is InChI=1S/C17H22N2/c1-14(2)18-12-7-3-4-8-15-11-13-19-17-10-6-5-9-16(15)17/h3-6,9-11,13-14,18H,7-8,12H2,1-2H3. The number of benzene rings is 1. The summed E-state index contributed by atoms with van der Waals surface area (Å²) in [6, 6.07) is 11.0. The van der Waals surface area contributed by atoms with Gasteiger partial charge in [-0.25, -0.2) is 0 Å².